The number of hydrogen-bond donors (Lipinski definition) is 0. The molecule has 6 bridgehead atoms. The fourth-order valence-corrected chi connectivity index (χ4v) is 10.2. The van der Waals surface area contributed by atoms with Crippen molar-refractivity contribution in [2.75, 3.05) is 21.0 Å². The molecule has 4 aliphatic rings. The van der Waals surface area contributed by atoms with E-state index >= 15 is 0 Å². The Morgan fingerprint density at radius 2 is 1.49 bits per heavy atom. The number of hydrogen-bond acceptors (Lipinski definition) is 12. The number of esters is 2. The van der Waals surface area contributed by atoms with Crippen molar-refractivity contribution in [2.45, 2.75) is 204 Å². The topological polar surface area (TPSA) is 126 Å². The van der Waals surface area contributed by atoms with Crippen LogP contribution in [0.3, 0.4) is 0 Å². The second-order valence-electron chi connectivity index (χ2n) is 19.9. The van der Waals surface area contributed by atoms with Crippen LogP contribution in [0.4, 0.5) is 0 Å². The second kappa shape index (κ2) is 26.4. The number of unbranched alkanes of at least 4 members (excludes halogenated alkanes) is 4. The van der Waals surface area contributed by atoms with E-state index in [4.69, 9.17) is 47.4 Å². The summed E-state index contributed by atoms with van der Waals surface area (Å²) in [5.41, 5.74) is 3.34. The molecule has 0 unspecified atom stereocenters. The van der Waals surface area contributed by atoms with Crippen molar-refractivity contribution in [1.29, 1.82) is 0 Å². The molecule has 0 amide bonds. The zero-order valence-corrected chi connectivity index (χ0v) is 41.8. The molecular weight excluding hydrogens is 865 g/mol. The van der Waals surface area contributed by atoms with Crippen LogP contribution in [0.2, 0.25) is 0 Å². The van der Waals surface area contributed by atoms with Crippen molar-refractivity contribution in [3.63, 3.8) is 0 Å². The highest BCUT2D eigenvalue weighted by atomic mass is 16.7. The molecule has 0 radical (unpaired) electrons. The molecule has 2 aromatic rings. The van der Waals surface area contributed by atoms with Gasteiger partial charge in [0.15, 0.2) is 6.10 Å². The SMILES string of the molecule is C=C1C[C@@H]2C[C@@H]3CC(=C)C[C@H](/C=C/C(C)(C)[C@]4(OC)O[C@@H](CC[C@@H]4OC(=O)CCCCCCC)C[C@H]([C@@H](C)OCOCc4ccccc4)OC(=O)C[C@H](OCc4ccc(OC)cc4)C[C@H](C1)O2)O3. The summed E-state index contributed by atoms with van der Waals surface area (Å²) in [5.74, 6) is -1.36. The molecule has 6 rings (SSSR count). The molecule has 2 aromatic carbocycles. The summed E-state index contributed by atoms with van der Waals surface area (Å²) in [6, 6.07) is 17.6. The summed E-state index contributed by atoms with van der Waals surface area (Å²) in [6.45, 7) is 17.6. The van der Waals surface area contributed by atoms with Gasteiger partial charge in [-0.1, -0.05) is 125 Å². The third-order valence-corrected chi connectivity index (χ3v) is 13.9. The van der Waals surface area contributed by atoms with Gasteiger partial charge in [-0.3, -0.25) is 9.59 Å². The molecule has 68 heavy (non-hydrogen) atoms. The normalized spacial score (nSPS) is 30.1. The average molecular weight is 945 g/mol. The number of cyclic esters (lactones) is 1. The Bertz CT molecular complexity index is 1910. The minimum Gasteiger partial charge on any atom is -0.497 e. The van der Waals surface area contributed by atoms with Gasteiger partial charge in [-0.15, -0.1) is 0 Å². The number of carbonyl (C=O) groups excluding carboxylic acids is 2. The minimum absolute atomic E-state index is 0.0138. The maximum atomic E-state index is 14.4. The van der Waals surface area contributed by atoms with Crippen molar-refractivity contribution in [3.8, 4) is 5.75 Å². The fourth-order valence-electron chi connectivity index (χ4n) is 10.2. The van der Waals surface area contributed by atoms with E-state index in [-0.39, 0.29) is 56.6 Å². The zero-order valence-electron chi connectivity index (χ0n) is 41.8. The van der Waals surface area contributed by atoms with Crippen LogP contribution in [0.15, 0.2) is 91.1 Å². The molecule has 4 aliphatic heterocycles. The Morgan fingerprint density at radius 1 is 0.794 bits per heavy atom. The molecule has 0 saturated carbocycles. The number of fused-ring (bicyclic) bond motifs is 6. The van der Waals surface area contributed by atoms with Crippen LogP contribution in [-0.4, -0.2) is 93.7 Å². The Kier molecular flexibility index (Phi) is 20.7. The number of rotatable bonds is 18. The molecule has 4 heterocycles. The van der Waals surface area contributed by atoms with Gasteiger partial charge >= 0.3 is 11.9 Å². The van der Waals surface area contributed by atoms with E-state index in [0.29, 0.717) is 51.6 Å². The molecule has 376 valence electrons. The van der Waals surface area contributed by atoms with E-state index in [2.05, 4.69) is 32.2 Å². The molecule has 0 spiro atoms. The Labute approximate surface area is 406 Å². The van der Waals surface area contributed by atoms with Gasteiger partial charge in [0, 0.05) is 38.2 Å². The number of carbonyl (C=O) groups is 2. The molecule has 3 fully saturated rings. The lowest BCUT2D eigenvalue weighted by atomic mass is 9.75. The lowest BCUT2D eigenvalue weighted by Crippen LogP contribution is -2.62. The maximum absolute atomic E-state index is 14.4. The third-order valence-electron chi connectivity index (χ3n) is 13.9. The van der Waals surface area contributed by atoms with Crippen molar-refractivity contribution in [2.24, 2.45) is 5.41 Å². The van der Waals surface area contributed by atoms with Gasteiger partial charge in [0.1, 0.15) is 18.6 Å². The highest BCUT2D eigenvalue weighted by Gasteiger charge is 2.57. The highest BCUT2D eigenvalue weighted by Crippen LogP contribution is 2.47. The summed E-state index contributed by atoms with van der Waals surface area (Å²) < 4.78 is 64.3. The summed E-state index contributed by atoms with van der Waals surface area (Å²) in [7, 11) is 3.25. The Morgan fingerprint density at radius 3 is 2.21 bits per heavy atom. The molecule has 0 N–H and O–H groups in total. The smallest absolute Gasteiger partial charge is 0.308 e. The standard InChI is InChI=1S/C56H80O12/c1-9-10-11-12-16-19-53(57)67-52-25-24-46-34-51(41(4)63-38-61-36-42-17-14-13-15-18-42)66-54(58)35-47(62-37-43-20-22-44(59-7)23-21-43)32-48-30-40(3)31-50(65-48)33-49-29-39(2)28-45(64-49)26-27-55(5,6)56(52,60-8)68-46/h13-15,17-18,20-23,26-27,41,45-52H,2-3,9-12,16,19,24-25,28-38H2,1,4-8H3/b27-26+/t41-,45+,46+,47-,48+,49+,50-,51-,52+,56-/m1/s1. The van der Waals surface area contributed by atoms with Gasteiger partial charge in [0.2, 0.25) is 5.79 Å². The zero-order chi connectivity index (χ0) is 48.5. The van der Waals surface area contributed by atoms with Crippen molar-refractivity contribution in [3.05, 3.63) is 102 Å². The predicted octanol–water partition coefficient (Wildman–Crippen LogP) is 11.2. The minimum atomic E-state index is -1.40. The number of benzene rings is 2. The first-order valence-electron chi connectivity index (χ1n) is 25.2. The number of ether oxygens (including phenoxy) is 10. The van der Waals surface area contributed by atoms with Crippen LogP contribution < -0.4 is 4.74 Å². The van der Waals surface area contributed by atoms with E-state index in [0.717, 1.165) is 73.0 Å². The lowest BCUT2D eigenvalue weighted by Gasteiger charge is -2.52. The monoisotopic (exact) mass is 945 g/mol. The van der Waals surface area contributed by atoms with Crippen LogP contribution in [0.5, 0.6) is 5.75 Å². The molecule has 12 nitrogen and oxygen atoms in total. The lowest BCUT2D eigenvalue weighted by molar-refractivity contribution is -0.351. The van der Waals surface area contributed by atoms with E-state index < -0.39 is 47.7 Å². The van der Waals surface area contributed by atoms with Crippen LogP contribution in [0.25, 0.3) is 0 Å². The fraction of sp³-hybridized carbons (Fsp3) is 0.643. The summed E-state index contributed by atoms with van der Waals surface area (Å²) >= 11 is 0. The summed E-state index contributed by atoms with van der Waals surface area (Å²) in [5, 5.41) is 0. The van der Waals surface area contributed by atoms with Crippen molar-refractivity contribution < 1.29 is 57.0 Å². The Hall–Kier alpha value is -3.88. The van der Waals surface area contributed by atoms with Gasteiger partial charge < -0.3 is 47.4 Å². The quantitative estimate of drug-likeness (QED) is 0.0611. The first kappa shape index (κ1) is 53.5. The van der Waals surface area contributed by atoms with Gasteiger partial charge in [-0.2, -0.15) is 0 Å². The van der Waals surface area contributed by atoms with E-state index in [1.54, 1.807) is 14.2 Å². The summed E-state index contributed by atoms with van der Waals surface area (Å²) in [4.78, 5) is 27.9. The van der Waals surface area contributed by atoms with Gasteiger partial charge in [0.05, 0.1) is 69.5 Å². The molecule has 0 aliphatic carbocycles. The first-order valence-corrected chi connectivity index (χ1v) is 25.2. The van der Waals surface area contributed by atoms with Crippen LogP contribution in [-0.2, 0) is 65.4 Å². The van der Waals surface area contributed by atoms with Gasteiger partial charge in [0.25, 0.3) is 0 Å². The van der Waals surface area contributed by atoms with Crippen LogP contribution >= 0.6 is 0 Å². The second-order valence-corrected chi connectivity index (χ2v) is 19.9. The van der Waals surface area contributed by atoms with Gasteiger partial charge in [-0.05, 0) is 75.1 Å². The predicted molar refractivity (Wildman–Crippen MR) is 261 cm³/mol. The molecule has 3 saturated heterocycles. The largest absolute Gasteiger partial charge is 0.497 e. The highest BCUT2D eigenvalue weighted by molar-refractivity contribution is 5.70. The molecular formula is C56H80O12. The van der Waals surface area contributed by atoms with E-state index in [1.165, 1.54) is 0 Å². The van der Waals surface area contributed by atoms with E-state index in [1.807, 2.05) is 75.4 Å². The van der Waals surface area contributed by atoms with Gasteiger partial charge in [-0.25, -0.2) is 0 Å². The van der Waals surface area contributed by atoms with Crippen LogP contribution in [0, 0.1) is 5.41 Å². The molecule has 12 heteroatoms. The van der Waals surface area contributed by atoms with Crippen molar-refractivity contribution >= 4 is 11.9 Å². The Balaban J connectivity index is 1.30. The summed E-state index contributed by atoms with van der Waals surface area (Å²) in [6.07, 6.45) is 11.0. The van der Waals surface area contributed by atoms with E-state index in [9.17, 15) is 9.59 Å². The average Bonchev–Trinajstić information content (AvgIpc) is 3.31. The third kappa shape index (κ3) is 15.8. The van der Waals surface area contributed by atoms with Crippen molar-refractivity contribution in [1.82, 2.24) is 0 Å². The molecule has 0 aromatic heterocycles. The maximum Gasteiger partial charge on any atom is 0.308 e. The number of methoxy groups -OCH3 is 2. The van der Waals surface area contributed by atoms with Crippen LogP contribution in [0.1, 0.15) is 142 Å². The first-order chi connectivity index (χ1) is 32.8. The molecule has 10 atom stereocenters.